The predicted octanol–water partition coefficient (Wildman–Crippen LogP) is 3.85. The van der Waals surface area contributed by atoms with E-state index in [1.165, 1.54) is 12.4 Å². The topological polar surface area (TPSA) is 89.9 Å². The lowest BCUT2D eigenvalue weighted by molar-refractivity contribution is 0.0924. The van der Waals surface area contributed by atoms with E-state index in [1.807, 2.05) is 36.4 Å². The molecule has 4 heterocycles. The van der Waals surface area contributed by atoms with E-state index in [1.54, 1.807) is 24.8 Å². The van der Waals surface area contributed by atoms with E-state index in [-0.39, 0.29) is 11.9 Å². The van der Waals surface area contributed by atoms with Gasteiger partial charge in [0.25, 0.3) is 5.91 Å². The Kier molecular flexibility index (Phi) is 5.06. The maximum Gasteiger partial charge on any atom is 0.254 e. The summed E-state index contributed by atoms with van der Waals surface area (Å²) in [7, 11) is 0. The molecule has 1 unspecified atom stereocenters. The fourth-order valence-corrected chi connectivity index (χ4v) is 3.60. The van der Waals surface area contributed by atoms with Crippen LogP contribution in [0.3, 0.4) is 0 Å². The Morgan fingerprint density at radius 1 is 0.903 bits per heavy atom. The van der Waals surface area contributed by atoms with Crippen molar-refractivity contribution in [1.82, 2.24) is 25.3 Å². The van der Waals surface area contributed by atoms with Crippen LogP contribution in [0.2, 0.25) is 0 Å². The van der Waals surface area contributed by atoms with Gasteiger partial charge in [-0.3, -0.25) is 14.8 Å². The van der Waals surface area contributed by atoms with Crippen LogP contribution in [-0.4, -0.2) is 32.4 Å². The third-order valence-corrected chi connectivity index (χ3v) is 5.20. The largest absolute Gasteiger partial charge is 0.493 e. The molecule has 7 heteroatoms. The van der Waals surface area contributed by atoms with E-state index < -0.39 is 0 Å². The maximum atomic E-state index is 12.9. The lowest BCUT2D eigenvalue weighted by Crippen LogP contribution is -2.32. The van der Waals surface area contributed by atoms with Gasteiger partial charge in [-0.15, -0.1) is 0 Å². The molecule has 1 N–H and O–H groups in total. The standard InChI is InChI=1S/C24H19N5O2/c30-24(19-14-27-23(28-15-19)18-2-1-8-26-13-18)29-21-7-11-31-22-4-3-17(12-20(21)22)16-5-9-25-10-6-16/h1-6,8-10,12-15,21H,7,11H2,(H,29,30). The van der Waals surface area contributed by atoms with E-state index in [2.05, 4.69) is 31.3 Å². The van der Waals surface area contributed by atoms with Crippen molar-refractivity contribution in [2.75, 3.05) is 6.61 Å². The summed E-state index contributed by atoms with van der Waals surface area (Å²) in [5.41, 5.74) is 4.28. The van der Waals surface area contributed by atoms with E-state index in [0.29, 0.717) is 24.4 Å². The van der Waals surface area contributed by atoms with E-state index in [9.17, 15) is 4.79 Å². The summed E-state index contributed by atoms with van der Waals surface area (Å²) in [6.07, 6.45) is 10.7. The van der Waals surface area contributed by atoms with Crippen LogP contribution in [0.5, 0.6) is 5.75 Å². The first-order valence-corrected chi connectivity index (χ1v) is 9.98. The van der Waals surface area contributed by atoms with E-state index >= 15 is 0 Å². The van der Waals surface area contributed by atoms with Crippen molar-refractivity contribution in [2.24, 2.45) is 0 Å². The highest BCUT2D eigenvalue weighted by atomic mass is 16.5. The normalized spacial score (nSPS) is 14.9. The maximum absolute atomic E-state index is 12.9. The van der Waals surface area contributed by atoms with E-state index in [4.69, 9.17) is 4.74 Å². The van der Waals surface area contributed by atoms with Gasteiger partial charge in [-0.1, -0.05) is 6.07 Å². The first-order chi connectivity index (χ1) is 15.3. The molecule has 3 aromatic heterocycles. The molecule has 0 radical (unpaired) electrons. The molecule has 0 saturated carbocycles. The van der Waals surface area contributed by atoms with Crippen LogP contribution in [0.25, 0.3) is 22.5 Å². The SMILES string of the molecule is O=C(NC1CCOc2ccc(-c3ccncc3)cc21)c1cnc(-c2cccnc2)nc1. The number of nitrogens with one attached hydrogen (secondary N) is 1. The Bertz CT molecular complexity index is 1200. The number of pyridine rings is 2. The third kappa shape index (κ3) is 3.98. The Balaban J connectivity index is 1.37. The third-order valence-electron chi connectivity index (χ3n) is 5.20. The quantitative estimate of drug-likeness (QED) is 0.551. The fourth-order valence-electron chi connectivity index (χ4n) is 3.60. The summed E-state index contributed by atoms with van der Waals surface area (Å²) >= 11 is 0. The van der Waals surface area contributed by atoms with Gasteiger partial charge in [-0.2, -0.15) is 0 Å². The minimum absolute atomic E-state index is 0.156. The summed E-state index contributed by atoms with van der Waals surface area (Å²) in [4.78, 5) is 29.7. The molecule has 1 aromatic carbocycles. The van der Waals surface area contributed by atoms with Crippen LogP contribution in [-0.2, 0) is 0 Å². The number of hydrogen-bond acceptors (Lipinski definition) is 6. The predicted molar refractivity (Wildman–Crippen MR) is 115 cm³/mol. The Hall–Kier alpha value is -4.13. The molecule has 5 rings (SSSR count). The zero-order chi connectivity index (χ0) is 21.0. The van der Waals surface area contributed by atoms with Crippen LogP contribution < -0.4 is 10.1 Å². The van der Waals surface area contributed by atoms with Crippen molar-refractivity contribution in [3.05, 3.63) is 90.8 Å². The number of nitrogens with zero attached hydrogens (tertiary/aromatic N) is 4. The minimum Gasteiger partial charge on any atom is -0.493 e. The average Bonchev–Trinajstić information content (AvgIpc) is 2.85. The van der Waals surface area contributed by atoms with Crippen LogP contribution in [0.15, 0.2) is 79.6 Å². The number of hydrogen-bond donors (Lipinski definition) is 1. The second-order valence-corrected chi connectivity index (χ2v) is 7.19. The average molecular weight is 409 g/mol. The van der Waals surface area contributed by atoms with Crippen LogP contribution >= 0.6 is 0 Å². The summed E-state index contributed by atoms with van der Waals surface area (Å²) in [6, 6.07) is 13.5. The number of fused-ring (bicyclic) bond motifs is 1. The summed E-state index contributed by atoms with van der Waals surface area (Å²) < 4.78 is 5.80. The molecule has 1 aliphatic rings. The molecule has 0 aliphatic carbocycles. The van der Waals surface area contributed by atoms with Gasteiger partial charge in [0.05, 0.1) is 18.2 Å². The number of ether oxygens (including phenoxy) is 1. The van der Waals surface area contributed by atoms with Crippen molar-refractivity contribution in [1.29, 1.82) is 0 Å². The molecule has 152 valence electrons. The zero-order valence-corrected chi connectivity index (χ0v) is 16.6. The number of carbonyl (C=O) groups excluding carboxylic acids is 1. The number of benzene rings is 1. The first-order valence-electron chi connectivity index (χ1n) is 9.98. The lowest BCUT2D eigenvalue weighted by Gasteiger charge is -2.27. The summed E-state index contributed by atoms with van der Waals surface area (Å²) in [6.45, 7) is 0.545. The van der Waals surface area contributed by atoms with Crippen molar-refractivity contribution < 1.29 is 9.53 Å². The number of amides is 1. The van der Waals surface area contributed by atoms with Gasteiger partial charge in [-0.05, 0) is 47.5 Å². The zero-order valence-electron chi connectivity index (χ0n) is 16.6. The molecule has 7 nitrogen and oxygen atoms in total. The Morgan fingerprint density at radius 3 is 2.52 bits per heavy atom. The van der Waals surface area contributed by atoms with Crippen LogP contribution in [0.1, 0.15) is 28.4 Å². The van der Waals surface area contributed by atoms with Gasteiger partial charge in [0, 0.05) is 54.7 Å². The molecule has 4 aromatic rings. The highest BCUT2D eigenvalue weighted by Crippen LogP contribution is 2.35. The first kappa shape index (κ1) is 18.9. The Morgan fingerprint density at radius 2 is 1.74 bits per heavy atom. The molecule has 0 spiro atoms. The van der Waals surface area contributed by atoms with Gasteiger partial charge in [-0.25, -0.2) is 9.97 Å². The highest BCUT2D eigenvalue weighted by Gasteiger charge is 2.24. The second kappa shape index (κ2) is 8.31. The molecule has 0 fully saturated rings. The van der Waals surface area contributed by atoms with Crippen molar-refractivity contribution in [2.45, 2.75) is 12.5 Å². The van der Waals surface area contributed by atoms with Crippen LogP contribution in [0.4, 0.5) is 0 Å². The van der Waals surface area contributed by atoms with Gasteiger partial charge in [0.15, 0.2) is 5.82 Å². The second-order valence-electron chi connectivity index (χ2n) is 7.19. The molecule has 1 atom stereocenters. The minimum atomic E-state index is -0.218. The number of aromatic nitrogens is 4. The molecule has 1 amide bonds. The smallest absolute Gasteiger partial charge is 0.254 e. The van der Waals surface area contributed by atoms with Crippen molar-refractivity contribution >= 4 is 5.91 Å². The molecule has 0 bridgehead atoms. The van der Waals surface area contributed by atoms with Crippen LogP contribution in [0, 0.1) is 0 Å². The van der Waals surface area contributed by atoms with E-state index in [0.717, 1.165) is 28.0 Å². The molecule has 0 saturated heterocycles. The summed E-state index contributed by atoms with van der Waals surface area (Å²) in [5.74, 6) is 1.10. The molecular formula is C24H19N5O2. The number of rotatable bonds is 4. The van der Waals surface area contributed by atoms with Crippen molar-refractivity contribution in [3.63, 3.8) is 0 Å². The highest BCUT2D eigenvalue weighted by molar-refractivity contribution is 5.94. The monoisotopic (exact) mass is 409 g/mol. The van der Waals surface area contributed by atoms with Gasteiger partial charge < -0.3 is 10.1 Å². The molecule has 1 aliphatic heterocycles. The molecule has 31 heavy (non-hydrogen) atoms. The lowest BCUT2D eigenvalue weighted by atomic mass is 9.95. The molecular weight excluding hydrogens is 390 g/mol. The Labute approximate surface area is 179 Å². The van der Waals surface area contributed by atoms with Crippen molar-refractivity contribution in [3.8, 4) is 28.3 Å². The van der Waals surface area contributed by atoms with Gasteiger partial charge in [0.1, 0.15) is 5.75 Å². The van der Waals surface area contributed by atoms with Gasteiger partial charge in [0.2, 0.25) is 0 Å². The fraction of sp³-hybridized carbons (Fsp3) is 0.125. The number of carbonyl (C=O) groups is 1. The van der Waals surface area contributed by atoms with Gasteiger partial charge >= 0.3 is 0 Å². The summed E-state index contributed by atoms with van der Waals surface area (Å²) in [5, 5.41) is 3.11.